The minimum atomic E-state index is -4.20. The van der Waals surface area contributed by atoms with Crippen LogP contribution in [0.25, 0.3) is 0 Å². The van der Waals surface area contributed by atoms with Gasteiger partial charge in [0.1, 0.15) is 19.3 Å². The SMILES string of the molecule is CCCCCCCCOCC(COP(=O)(O)OCC[N+](C)(C)C)OC(=O)CC. The Morgan fingerprint density at radius 3 is 2.21 bits per heavy atom. The number of likely N-dealkylation sites (N-methyl/N-ethyl adjacent to an activating group) is 1. The average Bonchev–Trinajstić information content (AvgIpc) is 2.60. The van der Waals surface area contributed by atoms with Gasteiger partial charge >= 0.3 is 13.8 Å². The Morgan fingerprint density at radius 1 is 0.964 bits per heavy atom. The fourth-order valence-corrected chi connectivity index (χ4v) is 2.97. The normalized spacial score (nSPS) is 15.2. The summed E-state index contributed by atoms with van der Waals surface area (Å²) in [6.07, 6.45) is 6.40. The number of ether oxygens (including phenoxy) is 2. The molecule has 9 heteroatoms. The zero-order chi connectivity index (χ0) is 21.5. The van der Waals surface area contributed by atoms with Gasteiger partial charge < -0.3 is 18.9 Å². The molecular formula is C19H41NO7P+. The monoisotopic (exact) mass is 426 g/mol. The average molecular weight is 427 g/mol. The first-order valence-corrected chi connectivity index (χ1v) is 11.8. The van der Waals surface area contributed by atoms with E-state index in [0.29, 0.717) is 17.6 Å². The molecular weight excluding hydrogens is 385 g/mol. The standard InChI is InChI=1S/C19H40NO7P/c1-6-8-9-10-11-12-14-24-16-18(27-19(21)7-2)17-26-28(22,23)25-15-13-20(3,4)5/h18H,6-17H2,1-5H3/p+1. The Morgan fingerprint density at radius 2 is 1.61 bits per heavy atom. The van der Waals surface area contributed by atoms with Crippen LogP contribution in [0.3, 0.4) is 0 Å². The molecule has 0 amide bonds. The topological polar surface area (TPSA) is 91.3 Å². The maximum atomic E-state index is 12.0. The van der Waals surface area contributed by atoms with Crippen molar-refractivity contribution in [3.63, 3.8) is 0 Å². The zero-order valence-electron chi connectivity index (χ0n) is 18.4. The second-order valence-corrected chi connectivity index (χ2v) is 9.37. The van der Waals surface area contributed by atoms with Gasteiger partial charge in [0.2, 0.25) is 0 Å². The number of esters is 1. The second-order valence-electron chi connectivity index (χ2n) is 7.92. The smallest absolute Gasteiger partial charge is 0.457 e. The van der Waals surface area contributed by atoms with Crippen LogP contribution in [0.5, 0.6) is 0 Å². The van der Waals surface area contributed by atoms with Crippen molar-refractivity contribution in [3.05, 3.63) is 0 Å². The van der Waals surface area contributed by atoms with Gasteiger partial charge in [-0.05, 0) is 6.42 Å². The van der Waals surface area contributed by atoms with Crippen molar-refractivity contribution in [2.75, 3.05) is 54.1 Å². The third kappa shape index (κ3) is 17.6. The van der Waals surface area contributed by atoms with Gasteiger partial charge in [0, 0.05) is 13.0 Å². The number of unbranched alkanes of at least 4 members (excludes halogenated alkanes) is 5. The van der Waals surface area contributed by atoms with E-state index in [0.717, 1.165) is 12.8 Å². The maximum absolute atomic E-state index is 12.0. The van der Waals surface area contributed by atoms with Crippen LogP contribution in [0.4, 0.5) is 0 Å². The molecule has 2 atom stereocenters. The molecule has 1 N–H and O–H groups in total. The van der Waals surface area contributed by atoms with Crippen LogP contribution < -0.4 is 0 Å². The van der Waals surface area contributed by atoms with Gasteiger partial charge in [-0.1, -0.05) is 46.0 Å². The molecule has 168 valence electrons. The largest absolute Gasteiger partial charge is 0.472 e. The first kappa shape index (κ1) is 27.5. The minimum absolute atomic E-state index is 0.0885. The highest BCUT2D eigenvalue weighted by molar-refractivity contribution is 7.47. The van der Waals surface area contributed by atoms with Crippen molar-refractivity contribution in [1.82, 2.24) is 0 Å². The lowest BCUT2D eigenvalue weighted by atomic mass is 10.1. The minimum Gasteiger partial charge on any atom is -0.457 e. The summed E-state index contributed by atoms with van der Waals surface area (Å²) >= 11 is 0. The fourth-order valence-electron chi connectivity index (χ4n) is 2.23. The molecule has 0 aliphatic carbocycles. The van der Waals surface area contributed by atoms with Crippen molar-refractivity contribution in [2.45, 2.75) is 64.9 Å². The predicted molar refractivity (Wildman–Crippen MR) is 109 cm³/mol. The summed E-state index contributed by atoms with van der Waals surface area (Å²) in [4.78, 5) is 21.4. The van der Waals surface area contributed by atoms with E-state index in [9.17, 15) is 14.3 Å². The molecule has 2 unspecified atom stereocenters. The Balaban J connectivity index is 4.22. The van der Waals surface area contributed by atoms with E-state index in [1.54, 1.807) is 6.92 Å². The van der Waals surface area contributed by atoms with E-state index >= 15 is 0 Å². The van der Waals surface area contributed by atoms with Gasteiger partial charge in [-0.15, -0.1) is 0 Å². The summed E-state index contributed by atoms with van der Waals surface area (Å²) in [5, 5.41) is 0. The highest BCUT2D eigenvalue weighted by atomic mass is 31.2. The first-order valence-electron chi connectivity index (χ1n) is 10.3. The van der Waals surface area contributed by atoms with Gasteiger partial charge in [0.15, 0.2) is 0 Å². The number of hydrogen-bond acceptors (Lipinski definition) is 6. The van der Waals surface area contributed by atoms with Crippen LogP contribution in [-0.2, 0) is 27.9 Å². The molecule has 0 saturated carbocycles. The zero-order valence-corrected chi connectivity index (χ0v) is 19.2. The summed E-state index contributed by atoms with van der Waals surface area (Å²) in [6.45, 7) is 4.95. The molecule has 0 aliphatic heterocycles. The van der Waals surface area contributed by atoms with Crippen molar-refractivity contribution < 1.29 is 37.3 Å². The third-order valence-corrected chi connectivity index (χ3v) is 4.96. The number of carbonyl (C=O) groups excluding carboxylic acids is 1. The van der Waals surface area contributed by atoms with Crippen molar-refractivity contribution in [2.24, 2.45) is 0 Å². The molecule has 8 nitrogen and oxygen atoms in total. The van der Waals surface area contributed by atoms with E-state index in [1.807, 2.05) is 21.1 Å². The number of phosphoric acid groups is 1. The molecule has 0 fully saturated rings. The van der Waals surface area contributed by atoms with Gasteiger partial charge in [0.05, 0.1) is 34.4 Å². The van der Waals surface area contributed by atoms with Crippen LogP contribution in [-0.4, -0.2) is 75.6 Å². The molecule has 0 saturated heterocycles. The van der Waals surface area contributed by atoms with E-state index in [2.05, 4.69) is 6.92 Å². The summed E-state index contributed by atoms with van der Waals surface area (Å²) < 4.78 is 33.4. The van der Waals surface area contributed by atoms with Crippen molar-refractivity contribution >= 4 is 13.8 Å². The summed E-state index contributed by atoms with van der Waals surface area (Å²) in [7, 11) is 1.66. The van der Waals surface area contributed by atoms with Crippen LogP contribution in [0.2, 0.25) is 0 Å². The second kappa shape index (κ2) is 15.4. The Labute approximate surface area is 170 Å². The summed E-state index contributed by atoms with van der Waals surface area (Å²) in [6, 6.07) is 0. The maximum Gasteiger partial charge on any atom is 0.472 e. The molecule has 0 aliphatic rings. The van der Waals surface area contributed by atoms with Crippen LogP contribution >= 0.6 is 7.82 Å². The lowest BCUT2D eigenvalue weighted by Gasteiger charge is -2.24. The van der Waals surface area contributed by atoms with Crippen molar-refractivity contribution in [3.8, 4) is 0 Å². The Kier molecular flexibility index (Phi) is 15.1. The van der Waals surface area contributed by atoms with Gasteiger partial charge in [-0.2, -0.15) is 0 Å². The molecule has 0 aromatic carbocycles. The highest BCUT2D eigenvalue weighted by Crippen LogP contribution is 2.43. The Hall–Kier alpha value is -0.500. The quantitative estimate of drug-likeness (QED) is 0.155. The Bertz CT molecular complexity index is 454. The van der Waals surface area contributed by atoms with Crippen LogP contribution in [0, 0.1) is 0 Å². The molecule has 0 bridgehead atoms. The third-order valence-electron chi connectivity index (χ3n) is 3.97. The van der Waals surface area contributed by atoms with E-state index in [4.69, 9.17) is 18.5 Å². The number of rotatable bonds is 18. The van der Waals surface area contributed by atoms with E-state index < -0.39 is 19.9 Å². The van der Waals surface area contributed by atoms with Gasteiger partial charge in [-0.3, -0.25) is 13.8 Å². The summed E-state index contributed by atoms with van der Waals surface area (Å²) in [5.74, 6) is -0.407. The molecule has 0 heterocycles. The molecule has 28 heavy (non-hydrogen) atoms. The highest BCUT2D eigenvalue weighted by Gasteiger charge is 2.26. The number of nitrogens with zero attached hydrogens (tertiary/aromatic N) is 1. The van der Waals surface area contributed by atoms with Gasteiger partial charge in [-0.25, -0.2) is 4.57 Å². The van der Waals surface area contributed by atoms with E-state index in [-0.39, 0.29) is 26.2 Å². The molecule has 0 radical (unpaired) electrons. The molecule has 0 aromatic rings. The van der Waals surface area contributed by atoms with Crippen LogP contribution in [0.1, 0.15) is 58.8 Å². The number of phosphoric ester groups is 1. The lowest BCUT2D eigenvalue weighted by molar-refractivity contribution is -0.870. The molecule has 0 aromatic heterocycles. The van der Waals surface area contributed by atoms with Crippen molar-refractivity contribution in [1.29, 1.82) is 0 Å². The van der Waals surface area contributed by atoms with Gasteiger partial charge in [0.25, 0.3) is 0 Å². The first-order chi connectivity index (χ1) is 13.1. The molecule has 0 spiro atoms. The van der Waals surface area contributed by atoms with E-state index in [1.165, 1.54) is 25.7 Å². The number of quaternary nitrogens is 1. The fraction of sp³-hybridized carbons (Fsp3) is 0.947. The molecule has 0 rings (SSSR count). The summed E-state index contributed by atoms with van der Waals surface area (Å²) in [5.41, 5.74) is 0. The predicted octanol–water partition coefficient (Wildman–Crippen LogP) is 3.53. The lowest BCUT2D eigenvalue weighted by Crippen LogP contribution is -2.37. The number of hydrogen-bond donors (Lipinski definition) is 1. The number of carbonyl (C=O) groups is 1. The van der Waals surface area contributed by atoms with Crippen LogP contribution in [0.15, 0.2) is 0 Å².